The number of aromatic nitrogens is 2. The molecule has 1 aromatic heterocycles. The molecule has 0 aliphatic carbocycles. The smallest absolute Gasteiger partial charge is 0.194 e. The first-order chi connectivity index (χ1) is 15.3. The molecule has 2 heterocycles. The third kappa shape index (κ3) is 6.10. The zero-order valence-electron chi connectivity index (χ0n) is 18.2. The molecule has 0 atom stereocenters. The Balaban J connectivity index is 1.34. The number of guanidine groups is 1. The first-order valence-corrected chi connectivity index (χ1v) is 11.1. The lowest BCUT2D eigenvalue weighted by molar-refractivity contribution is 0.129. The van der Waals surface area contributed by atoms with Crippen LogP contribution in [-0.2, 0) is 13.1 Å². The number of nitrogens with one attached hydrogen (secondary N) is 1. The van der Waals surface area contributed by atoms with Crippen LogP contribution in [0.2, 0.25) is 0 Å². The Morgan fingerprint density at radius 3 is 2.65 bits per heavy atom. The summed E-state index contributed by atoms with van der Waals surface area (Å²) in [7, 11) is 0. The molecule has 3 aromatic rings. The van der Waals surface area contributed by atoms with Gasteiger partial charge in [0.1, 0.15) is 11.9 Å². The Labute approximate surface area is 184 Å². The van der Waals surface area contributed by atoms with Gasteiger partial charge in [0.05, 0.1) is 12.9 Å². The van der Waals surface area contributed by atoms with Gasteiger partial charge in [-0.1, -0.05) is 42.5 Å². The van der Waals surface area contributed by atoms with Gasteiger partial charge in [-0.05, 0) is 30.2 Å². The number of nitrogens with zero attached hydrogens (tertiary/aromatic N) is 4. The fourth-order valence-electron chi connectivity index (χ4n) is 3.89. The molecule has 0 spiro atoms. The normalized spacial score (nSPS) is 15.1. The minimum absolute atomic E-state index is 0.265. The van der Waals surface area contributed by atoms with E-state index in [1.807, 2.05) is 49.1 Å². The van der Waals surface area contributed by atoms with E-state index in [-0.39, 0.29) is 6.10 Å². The molecular weight excluding hydrogens is 386 g/mol. The van der Waals surface area contributed by atoms with E-state index < -0.39 is 0 Å². The second kappa shape index (κ2) is 10.7. The summed E-state index contributed by atoms with van der Waals surface area (Å²) >= 11 is 0. The Morgan fingerprint density at radius 1 is 1.10 bits per heavy atom. The summed E-state index contributed by atoms with van der Waals surface area (Å²) < 4.78 is 8.21. The molecule has 1 saturated heterocycles. The Kier molecular flexibility index (Phi) is 7.21. The lowest BCUT2D eigenvalue weighted by Crippen LogP contribution is -2.47. The zero-order valence-corrected chi connectivity index (χ0v) is 18.2. The van der Waals surface area contributed by atoms with Gasteiger partial charge in [-0.2, -0.15) is 0 Å². The van der Waals surface area contributed by atoms with Crippen LogP contribution in [0.15, 0.2) is 78.3 Å². The van der Waals surface area contributed by atoms with E-state index in [0.29, 0.717) is 6.54 Å². The Morgan fingerprint density at radius 2 is 1.90 bits per heavy atom. The molecule has 6 nitrogen and oxygen atoms in total. The van der Waals surface area contributed by atoms with Gasteiger partial charge in [-0.15, -0.1) is 0 Å². The summed E-state index contributed by atoms with van der Waals surface area (Å²) in [6.07, 6.45) is 7.91. The van der Waals surface area contributed by atoms with E-state index in [4.69, 9.17) is 9.73 Å². The molecule has 162 valence electrons. The predicted octanol–water partition coefficient (Wildman–Crippen LogP) is 3.94. The molecule has 0 radical (unpaired) electrons. The molecule has 1 aliphatic rings. The molecule has 1 N–H and O–H groups in total. The number of aliphatic imine (C=N–C) groups is 1. The number of benzene rings is 2. The van der Waals surface area contributed by atoms with Crippen molar-refractivity contribution in [1.29, 1.82) is 0 Å². The fraction of sp³-hybridized carbons (Fsp3) is 0.360. The monoisotopic (exact) mass is 417 g/mol. The average Bonchev–Trinajstić information content (AvgIpc) is 3.31. The minimum Gasteiger partial charge on any atom is -0.490 e. The van der Waals surface area contributed by atoms with Crippen molar-refractivity contribution in [1.82, 2.24) is 19.8 Å². The Bertz CT molecular complexity index is 947. The van der Waals surface area contributed by atoms with Crippen molar-refractivity contribution in [2.75, 3.05) is 19.6 Å². The van der Waals surface area contributed by atoms with E-state index in [9.17, 15) is 0 Å². The number of hydrogen-bond acceptors (Lipinski definition) is 3. The molecule has 31 heavy (non-hydrogen) atoms. The highest BCUT2D eigenvalue weighted by Crippen LogP contribution is 2.19. The van der Waals surface area contributed by atoms with Gasteiger partial charge in [-0.3, -0.25) is 0 Å². The number of imidazole rings is 1. The standard InChI is InChI=1S/C25H31N5O/c1-2-27-25(30-14-11-24(12-15-30)31-23-9-4-3-5-10-23)28-18-21-7-6-8-22(17-21)19-29-16-13-26-20-29/h3-10,13,16-17,20,24H,2,11-12,14-15,18-19H2,1H3,(H,27,28). The van der Waals surface area contributed by atoms with Crippen molar-refractivity contribution in [3.8, 4) is 5.75 Å². The number of para-hydroxylation sites is 1. The van der Waals surface area contributed by atoms with Gasteiger partial charge in [-0.25, -0.2) is 9.98 Å². The molecule has 4 rings (SSSR count). The van der Waals surface area contributed by atoms with Crippen LogP contribution in [0.1, 0.15) is 30.9 Å². The van der Waals surface area contributed by atoms with Crippen molar-refractivity contribution in [2.24, 2.45) is 4.99 Å². The third-order valence-corrected chi connectivity index (χ3v) is 5.45. The summed E-state index contributed by atoms with van der Waals surface area (Å²) in [5.74, 6) is 1.94. The van der Waals surface area contributed by atoms with Gasteiger partial charge < -0.3 is 19.5 Å². The van der Waals surface area contributed by atoms with E-state index >= 15 is 0 Å². The zero-order chi connectivity index (χ0) is 21.3. The van der Waals surface area contributed by atoms with E-state index in [2.05, 4.69) is 51.0 Å². The molecule has 0 bridgehead atoms. The second-order valence-corrected chi connectivity index (χ2v) is 7.84. The van der Waals surface area contributed by atoms with Crippen LogP contribution in [0.4, 0.5) is 0 Å². The maximum Gasteiger partial charge on any atom is 0.194 e. The molecule has 6 heteroatoms. The highest BCUT2D eigenvalue weighted by atomic mass is 16.5. The van der Waals surface area contributed by atoms with Crippen molar-refractivity contribution in [3.63, 3.8) is 0 Å². The maximum atomic E-state index is 6.14. The maximum absolute atomic E-state index is 6.14. The molecular formula is C25H31N5O. The quantitative estimate of drug-likeness (QED) is 0.467. The third-order valence-electron chi connectivity index (χ3n) is 5.45. The van der Waals surface area contributed by atoms with E-state index in [1.165, 1.54) is 11.1 Å². The van der Waals surface area contributed by atoms with Crippen molar-refractivity contribution in [3.05, 3.63) is 84.4 Å². The lowest BCUT2D eigenvalue weighted by Gasteiger charge is -2.34. The van der Waals surface area contributed by atoms with E-state index in [0.717, 1.165) is 50.7 Å². The first-order valence-electron chi connectivity index (χ1n) is 11.1. The molecule has 0 saturated carbocycles. The van der Waals surface area contributed by atoms with Gasteiger partial charge >= 0.3 is 0 Å². The van der Waals surface area contributed by atoms with Crippen LogP contribution in [0, 0.1) is 0 Å². The van der Waals surface area contributed by atoms with Crippen LogP contribution in [-0.4, -0.2) is 46.1 Å². The molecule has 1 fully saturated rings. The largest absolute Gasteiger partial charge is 0.490 e. The summed E-state index contributed by atoms with van der Waals surface area (Å²) in [6.45, 7) is 6.37. The predicted molar refractivity (Wildman–Crippen MR) is 124 cm³/mol. The number of ether oxygens (including phenoxy) is 1. The topological polar surface area (TPSA) is 54.7 Å². The summed E-state index contributed by atoms with van der Waals surface area (Å²) in [6, 6.07) is 18.7. The summed E-state index contributed by atoms with van der Waals surface area (Å²) in [5.41, 5.74) is 2.48. The average molecular weight is 418 g/mol. The van der Waals surface area contributed by atoms with Gasteiger partial charge in [0.25, 0.3) is 0 Å². The van der Waals surface area contributed by atoms with Gasteiger partial charge in [0, 0.05) is 51.4 Å². The van der Waals surface area contributed by atoms with Crippen LogP contribution < -0.4 is 10.1 Å². The van der Waals surface area contributed by atoms with E-state index in [1.54, 1.807) is 0 Å². The fourth-order valence-corrected chi connectivity index (χ4v) is 3.89. The molecule has 1 aliphatic heterocycles. The van der Waals surface area contributed by atoms with Crippen LogP contribution in [0.5, 0.6) is 5.75 Å². The molecule has 0 amide bonds. The molecule has 2 aromatic carbocycles. The summed E-state index contributed by atoms with van der Waals surface area (Å²) in [4.78, 5) is 11.4. The van der Waals surface area contributed by atoms with Gasteiger partial charge in [0.2, 0.25) is 0 Å². The van der Waals surface area contributed by atoms with Crippen molar-refractivity contribution in [2.45, 2.75) is 39.0 Å². The van der Waals surface area contributed by atoms with Crippen LogP contribution in [0.25, 0.3) is 0 Å². The Hall–Kier alpha value is -3.28. The SMILES string of the molecule is CCNC(=NCc1cccc(Cn2ccnc2)c1)N1CCC(Oc2ccccc2)CC1. The molecule has 0 unspecified atom stereocenters. The minimum atomic E-state index is 0.265. The highest BCUT2D eigenvalue weighted by molar-refractivity contribution is 5.80. The van der Waals surface area contributed by atoms with Crippen LogP contribution in [0.3, 0.4) is 0 Å². The highest BCUT2D eigenvalue weighted by Gasteiger charge is 2.22. The lowest BCUT2D eigenvalue weighted by atomic mass is 10.1. The first kappa shape index (κ1) is 21.0. The summed E-state index contributed by atoms with van der Waals surface area (Å²) in [5, 5.41) is 3.46. The number of hydrogen-bond donors (Lipinski definition) is 1. The van der Waals surface area contributed by atoms with Gasteiger partial charge in [0.15, 0.2) is 5.96 Å². The van der Waals surface area contributed by atoms with Crippen LogP contribution >= 0.6 is 0 Å². The number of likely N-dealkylation sites (tertiary alicyclic amines) is 1. The van der Waals surface area contributed by atoms with Crippen molar-refractivity contribution < 1.29 is 4.74 Å². The second-order valence-electron chi connectivity index (χ2n) is 7.84. The van der Waals surface area contributed by atoms with Crippen molar-refractivity contribution >= 4 is 5.96 Å². The number of piperidine rings is 1. The number of rotatable bonds is 7.